The van der Waals surface area contributed by atoms with E-state index in [1.807, 2.05) is 10.9 Å². The van der Waals surface area contributed by atoms with Crippen LogP contribution in [-0.4, -0.2) is 19.6 Å². The molecule has 0 spiro atoms. The summed E-state index contributed by atoms with van der Waals surface area (Å²) >= 11 is 3.49. The number of hydrogen-bond donors (Lipinski definition) is 0. The van der Waals surface area contributed by atoms with Crippen molar-refractivity contribution in [3.63, 3.8) is 0 Å². The Balaban J connectivity index is 1.92. The lowest BCUT2D eigenvalue weighted by Gasteiger charge is -2.03. The van der Waals surface area contributed by atoms with Crippen LogP contribution in [0.1, 0.15) is 25.6 Å². The van der Waals surface area contributed by atoms with Gasteiger partial charge in [0.2, 0.25) is 0 Å². The molecule has 0 atom stereocenters. The smallest absolute Gasteiger partial charge is 0.102 e. The highest BCUT2D eigenvalue weighted by Crippen LogP contribution is 2.21. The van der Waals surface area contributed by atoms with Crippen LogP contribution in [-0.2, 0) is 6.54 Å². The second kappa shape index (κ2) is 4.81. The van der Waals surface area contributed by atoms with Crippen LogP contribution < -0.4 is 0 Å². The van der Waals surface area contributed by atoms with Gasteiger partial charge in [-0.05, 0) is 38.1 Å². The van der Waals surface area contributed by atoms with Gasteiger partial charge in [-0.15, -0.1) is 5.10 Å². The highest BCUT2D eigenvalue weighted by Gasteiger charge is 2.06. The molecule has 0 amide bonds. The largest absolute Gasteiger partial charge is 0.341 e. The van der Waals surface area contributed by atoms with Crippen molar-refractivity contribution in [3.8, 4) is 0 Å². The van der Waals surface area contributed by atoms with Crippen molar-refractivity contribution in [1.82, 2.24) is 19.6 Å². The van der Waals surface area contributed by atoms with Gasteiger partial charge >= 0.3 is 0 Å². The molecule has 98 valence electrons. The zero-order chi connectivity index (χ0) is 13.4. The average Bonchev–Trinajstić information content (AvgIpc) is 2.97. The number of hydrogen-bond acceptors (Lipinski definition) is 2. The van der Waals surface area contributed by atoms with E-state index in [1.165, 1.54) is 10.9 Å². The third-order valence-corrected chi connectivity index (χ3v) is 3.65. The first-order chi connectivity index (χ1) is 9.13. The van der Waals surface area contributed by atoms with Crippen molar-refractivity contribution in [2.75, 3.05) is 0 Å². The van der Waals surface area contributed by atoms with Crippen LogP contribution in [0.2, 0.25) is 0 Å². The molecule has 0 fully saturated rings. The van der Waals surface area contributed by atoms with Crippen molar-refractivity contribution in [1.29, 1.82) is 0 Å². The van der Waals surface area contributed by atoms with Gasteiger partial charge in [0.25, 0.3) is 0 Å². The normalized spacial score (nSPS) is 11.6. The lowest BCUT2D eigenvalue weighted by atomic mass is 10.2. The molecule has 0 radical (unpaired) electrons. The molecule has 0 aliphatic heterocycles. The minimum Gasteiger partial charge on any atom is -0.341 e. The molecule has 0 aliphatic carbocycles. The summed E-state index contributed by atoms with van der Waals surface area (Å²) in [4.78, 5) is 0. The summed E-state index contributed by atoms with van der Waals surface area (Å²) < 4.78 is 5.18. The zero-order valence-electron chi connectivity index (χ0n) is 10.9. The molecule has 0 aliphatic rings. The van der Waals surface area contributed by atoms with E-state index in [1.54, 1.807) is 0 Å². The fourth-order valence-electron chi connectivity index (χ4n) is 2.12. The van der Waals surface area contributed by atoms with E-state index in [-0.39, 0.29) is 0 Å². The van der Waals surface area contributed by atoms with Gasteiger partial charge in [-0.3, -0.25) is 0 Å². The number of nitrogens with zero attached hydrogens (tertiary/aromatic N) is 4. The Kier molecular flexibility index (Phi) is 3.14. The average molecular weight is 319 g/mol. The van der Waals surface area contributed by atoms with Gasteiger partial charge in [0.05, 0.1) is 12.7 Å². The predicted octanol–water partition coefficient (Wildman–Crippen LogP) is 3.62. The van der Waals surface area contributed by atoms with Gasteiger partial charge in [-0.1, -0.05) is 21.1 Å². The summed E-state index contributed by atoms with van der Waals surface area (Å²) in [5.41, 5.74) is 2.19. The zero-order valence-corrected chi connectivity index (χ0v) is 12.5. The fraction of sp³-hybridized carbons (Fsp3) is 0.286. The van der Waals surface area contributed by atoms with Crippen molar-refractivity contribution in [2.45, 2.75) is 26.4 Å². The van der Waals surface area contributed by atoms with Crippen LogP contribution in [0.3, 0.4) is 0 Å². The monoisotopic (exact) mass is 318 g/mol. The molecule has 5 heteroatoms. The number of benzene rings is 1. The first kappa shape index (κ1) is 12.4. The summed E-state index contributed by atoms with van der Waals surface area (Å²) in [6, 6.07) is 8.76. The molecular weight excluding hydrogens is 304 g/mol. The Hall–Kier alpha value is -1.62. The predicted molar refractivity (Wildman–Crippen MR) is 79.1 cm³/mol. The standard InChI is InChI=1S/C14H15BrN4/c1-10(2)19-9-13(16-17-19)8-18-6-5-11-7-12(15)3-4-14(11)18/h3-7,9-10H,8H2,1-2H3. The van der Waals surface area contributed by atoms with Gasteiger partial charge in [-0.25, -0.2) is 4.68 Å². The SMILES string of the molecule is CC(C)n1cc(Cn2ccc3cc(Br)ccc32)nn1. The van der Waals surface area contributed by atoms with Crippen LogP contribution in [0.25, 0.3) is 10.9 Å². The van der Waals surface area contributed by atoms with Crippen LogP contribution >= 0.6 is 15.9 Å². The van der Waals surface area contributed by atoms with Crippen molar-refractivity contribution in [3.05, 3.63) is 46.8 Å². The minimum absolute atomic E-state index is 0.346. The Morgan fingerprint density at radius 1 is 1.26 bits per heavy atom. The Bertz CT molecular complexity index is 711. The first-order valence-corrected chi connectivity index (χ1v) is 7.08. The third-order valence-electron chi connectivity index (χ3n) is 3.15. The van der Waals surface area contributed by atoms with E-state index < -0.39 is 0 Å². The lowest BCUT2D eigenvalue weighted by molar-refractivity contribution is 0.514. The van der Waals surface area contributed by atoms with Crippen molar-refractivity contribution >= 4 is 26.8 Å². The van der Waals surface area contributed by atoms with E-state index in [0.717, 1.165) is 16.7 Å². The fourth-order valence-corrected chi connectivity index (χ4v) is 2.50. The quantitative estimate of drug-likeness (QED) is 0.739. The van der Waals surface area contributed by atoms with E-state index in [9.17, 15) is 0 Å². The minimum atomic E-state index is 0.346. The van der Waals surface area contributed by atoms with E-state index >= 15 is 0 Å². The second-order valence-electron chi connectivity index (χ2n) is 4.93. The van der Waals surface area contributed by atoms with Gasteiger partial charge < -0.3 is 4.57 Å². The maximum atomic E-state index is 4.22. The van der Waals surface area contributed by atoms with Crippen molar-refractivity contribution < 1.29 is 0 Å². The van der Waals surface area contributed by atoms with E-state index in [2.05, 4.69) is 75.1 Å². The van der Waals surface area contributed by atoms with Gasteiger partial charge in [-0.2, -0.15) is 0 Å². The van der Waals surface area contributed by atoms with Crippen LogP contribution in [0.4, 0.5) is 0 Å². The summed E-state index contributed by atoms with van der Waals surface area (Å²) in [5.74, 6) is 0. The molecule has 0 saturated heterocycles. The Morgan fingerprint density at radius 3 is 2.84 bits per heavy atom. The first-order valence-electron chi connectivity index (χ1n) is 6.28. The number of rotatable bonds is 3. The molecule has 2 heterocycles. The van der Waals surface area contributed by atoms with E-state index in [0.29, 0.717) is 6.04 Å². The van der Waals surface area contributed by atoms with Crippen LogP contribution in [0.15, 0.2) is 41.1 Å². The molecule has 0 N–H and O–H groups in total. The molecule has 1 aromatic carbocycles. The second-order valence-corrected chi connectivity index (χ2v) is 5.85. The maximum Gasteiger partial charge on any atom is 0.102 e. The van der Waals surface area contributed by atoms with Crippen molar-refractivity contribution in [2.24, 2.45) is 0 Å². The molecular formula is C14H15BrN4. The Labute approximate surface area is 120 Å². The highest BCUT2D eigenvalue weighted by molar-refractivity contribution is 9.10. The number of aromatic nitrogens is 4. The van der Waals surface area contributed by atoms with Gasteiger partial charge in [0.15, 0.2) is 0 Å². The topological polar surface area (TPSA) is 35.6 Å². The maximum absolute atomic E-state index is 4.22. The Morgan fingerprint density at radius 2 is 2.11 bits per heavy atom. The summed E-state index contributed by atoms with van der Waals surface area (Å²) in [6.07, 6.45) is 4.10. The molecule has 0 unspecified atom stereocenters. The molecule has 0 saturated carbocycles. The molecule has 3 aromatic rings. The molecule has 0 bridgehead atoms. The number of halogens is 1. The summed E-state index contributed by atoms with van der Waals surface area (Å²) in [7, 11) is 0. The van der Waals surface area contributed by atoms with Crippen LogP contribution in [0.5, 0.6) is 0 Å². The molecule has 4 nitrogen and oxygen atoms in total. The summed E-state index contributed by atoms with van der Waals surface area (Å²) in [6.45, 7) is 4.94. The number of fused-ring (bicyclic) bond motifs is 1. The van der Waals surface area contributed by atoms with Gasteiger partial charge in [0, 0.05) is 27.6 Å². The van der Waals surface area contributed by atoms with E-state index in [4.69, 9.17) is 0 Å². The summed E-state index contributed by atoms with van der Waals surface area (Å²) in [5, 5.41) is 9.58. The lowest BCUT2D eigenvalue weighted by Crippen LogP contribution is -2.00. The van der Waals surface area contributed by atoms with Gasteiger partial charge in [0.1, 0.15) is 5.69 Å². The molecule has 19 heavy (non-hydrogen) atoms. The molecule has 2 aromatic heterocycles. The molecule has 3 rings (SSSR count). The highest BCUT2D eigenvalue weighted by atomic mass is 79.9. The third kappa shape index (κ3) is 2.42. The van der Waals surface area contributed by atoms with Crippen LogP contribution in [0, 0.1) is 0 Å².